The predicted octanol–water partition coefficient (Wildman–Crippen LogP) is 4.34. The maximum absolute atomic E-state index is 13.0. The third kappa shape index (κ3) is 2.65. The SMILES string of the molecule is CCOC(=O)[C@]1(C)CCC[C@@]2(C)[C@@H]3CC[C@]4(C)CO[C@@H](CO)[C@@]3(CC[C@@H]21)C4. The van der Waals surface area contributed by atoms with Crippen LogP contribution in [0.25, 0.3) is 0 Å². The first kappa shape index (κ1) is 19.7. The highest BCUT2D eigenvalue weighted by Gasteiger charge is 2.67. The summed E-state index contributed by atoms with van der Waals surface area (Å²) in [5.41, 5.74) is 0.103. The van der Waals surface area contributed by atoms with Crippen LogP contribution in [0.1, 0.15) is 79.1 Å². The molecule has 4 aliphatic rings. The summed E-state index contributed by atoms with van der Waals surface area (Å²) in [6.07, 6.45) is 8.91. The first-order valence-electron chi connectivity index (χ1n) is 11.1. The van der Waals surface area contributed by atoms with E-state index in [2.05, 4.69) is 20.8 Å². The van der Waals surface area contributed by atoms with E-state index in [0.29, 0.717) is 18.4 Å². The number of ether oxygens (including phenoxy) is 2. The molecule has 4 fully saturated rings. The minimum atomic E-state index is -0.365. The molecule has 3 aliphatic carbocycles. The summed E-state index contributed by atoms with van der Waals surface area (Å²) in [5, 5.41) is 10.2. The second kappa shape index (κ2) is 6.45. The van der Waals surface area contributed by atoms with Crippen LogP contribution in [0.15, 0.2) is 0 Å². The largest absolute Gasteiger partial charge is 0.466 e. The monoisotopic (exact) mass is 378 g/mol. The van der Waals surface area contributed by atoms with E-state index in [1.54, 1.807) is 0 Å². The van der Waals surface area contributed by atoms with Crippen molar-refractivity contribution in [1.29, 1.82) is 0 Å². The number of carbonyl (C=O) groups is 1. The van der Waals surface area contributed by atoms with Crippen molar-refractivity contribution < 1.29 is 19.4 Å². The first-order valence-corrected chi connectivity index (χ1v) is 11.1. The Kier molecular flexibility index (Phi) is 4.71. The van der Waals surface area contributed by atoms with Crippen molar-refractivity contribution in [1.82, 2.24) is 0 Å². The topological polar surface area (TPSA) is 55.8 Å². The van der Waals surface area contributed by atoms with Crippen molar-refractivity contribution in [2.24, 2.45) is 33.5 Å². The van der Waals surface area contributed by atoms with Gasteiger partial charge in [-0.25, -0.2) is 0 Å². The summed E-state index contributed by atoms with van der Waals surface area (Å²) < 4.78 is 11.8. The zero-order chi connectivity index (χ0) is 19.5. The average molecular weight is 379 g/mol. The van der Waals surface area contributed by atoms with E-state index >= 15 is 0 Å². The van der Waals surface area contributed by atoms with Gasteiger partial charge in [-0.15, -0.1) is 0 Å². The summed E-state index contributed by atoms with van der Waals surface area (Å²) in [4.78, 5) is 13.0. The molecule has 0 aromatic rings. The predicted molar refractivity (Wildman–Crippen MR) is 104 cm³/mol. The van der Waals surface area contributed by atoms with Crippen molar-refractivity contribution in [3.05, 3.63) is 0 Å². The lowest BCUT2D eigenvalue weighted by molar-refractivity contribution is -0.262. The Balaban J connectivity index is 1.72. The standard InChI is InChI=1S/C23H38O4/c1-5-26-19(25)22(4)10-6-9-21(3)16(22)8-12-23-14-20(2,11-7-17(21)23)15-27-18(23)13-24/h16-18,24H,5-15H2,1-4H3/t16-,17-,18-,20-,21+,22+,23-/m0/s1. The van der Waals surface area contributed by atoms with Crippen LogP contribution in [-0.4, -0.2) is 37.0 Å². The Hall–Kier alpha value is -0.610. The molecule has 1 heterocycles. The number of aliphatic hydroxyl groups excluding tert-OH is 1. The van der Waals surface area contributed by atoms with Gasteiger partial charge in [0.2, 0.25) is 0 Å². The summed E-state index contributed by atoms with van der Waals surface area (Å²) >= 11 is 0. The Morgan fingerprint density at radius 1 is 1.11 bits per heavy atom. The van der Waals surface area contributed by atoms with Crippen LogP contribution in [0.3, 0.4) is 0 Å². The number of esters is 1. The molecule has 2 bridgehead atoms. The average Bonchev–Trinajstić information content (AvgIpc) is 2.61. The summed E-state index contributed by atoms with van der Waals surface area (Å²) in [6, 6.07) is 0. The molecule has 0 amide bonds. The highest BCUT2D eigenvalue weighted by molar-refractivity contribution is 5.77. The van der Waals surface area contributed by atoms with Gasteiger partial charge >= 0.3 is 5.97 Å². The lowest BCUT2D eigenvalue weighted by Gasteiger charge is -2.69. The van der Waals surface area contributed by atoms with Gasteiger partial charge in [0, 0.05) is 5.41 Å². The molecule has 4 nitrogen and oxygen atoms in total. The molecule has 4 rings (SSSR count). The van der Waals surface area contributed by atoms with Gasteiger partial charge in [-0.3, -0.25) is 4.79 Å². The van der Waals surface area contributed by atoms with Crippen molar-refractivity contribution in [3.8, 4) is 0 Å². The van der Waals surface area contributed by atoms with Crippen molar-refractivity contribution in [3.63, 3.8) is 0 Å². The molecular weight excluding hydrogens is 340 g/mol. The molecule has 0 unspecified atom stereocenters. The number of hydrogen-bond donors (Lipinski definition) is 1. The van der Waals surface area contributed by atoms with Crippen molar-refractivity contribution >= 4 is 5.97 Å². The molecule has 154 valence electrons. The van der Waals surface area contributed by atoms with Gasteiger partial charge in [0.25, 0.3) is 0 Å². The molecule has 1 N–H and O–H groups in total. The molecule has 1 aliphatic heterocycles. The number of carbonyl (C=O) groups excluding carboxylic acids is 1. The molecule has 1 spiro atoms. The Bertz CT molecular complexity index is 605. The lowest BCUT2D eigenvalue weighted by atomic mass is 9.37. The van der Waals surface area contributed by atoms with Gasteiger partial charge in [0.1, 0.15) is 0 Å². The second-order valence-corrected chi connectivity index (χ2v) is 10.9. The maximum Gasteiger partial charge on any atom is 0.312 e. The Morgan fingerprint density at radius 3 is 2.56 bits per heavy atom. The van der Waals surface area contributed by atoms with Gasteiger partial charge in [-0.1, -0.05) is 20.3 Å². The van der Waals surface area contributed by atoms with Crippen molar-refractivity contribution in [2.75, 3.05) is 19.8 Å². The van der Waals surface area contributed by atoms with Crippen LogP contribution in [0.4, 0.5) is 0 Å². The van der Waals surface area contributed by atoms with E-state index in [9.17, 15) is 9.90 Å². The maximum atomic E-state index is 13.0. The second-order valence-electron chi connectivity index (χ2n) is 10.9. The highest BCUT2D eigenvalue weighted by atomic mass is 16.5. The van der Waals surface area contributed by atoms with Gasteiger partial charge in [0.05, 0.1) is 31.3 Å². The van der Waals surface area contributed by atoms with Crippen LogP contribution >= 0.6 is 0 Å². The van der Waals surface area contributed by atoms with Gasteiger partial charge in [0.15, 0.2) is 0 Å². The van der Waals surface area contributed by atoms with E-state index in [1.807, 2.05) is 6.92 Å². The third-order valence-corrected chi connectivity index (χ3v) is 9.34. The molecule has 0 aromatic heterocycles. The van der Waals surface area contributed by atoms with Gasteiger partial charge in [-0.05, 0) is 81.5 Å². The van der Waals surface area contributed by atoms with E-state index in [4.69, 9.17) is 9.47 Å². The number of rotatable bonds is 3. The van der Waals surface area contributed by atoms with Gasteiger partial charge < -0.3 is 14.6 Å². The molecule has 4 heteroatoms. The van der Waals surface area contributed by atoms with E-state index in [-0.39, 0.29) is 40.3 Å². The van der Waals surface area contributed by atoms with Crippen LogP contribution in [-0.2, 0) is 14.3 Å². The van der Waals surface area contributed by atoms with E-state index in [0.717, 1.165) is 32.3 Å². The van der Waals surface area contributed by atoms with Crippen LogP contribution in [0, 0.1) is 33.5 Å². The molecule has 7 atom stereocenters. The summed E-state index contributed by atoms with van der Waals surface area (Å²) in [5.74, 6) is 0.915. The van der Waals surface area contributed by atoms with Crippen molar-refractivity contribution in [2.45, 2.75) is 85.2 Å². The number of fused-ring (bicyclic) bond motifs is 3. The third-order valence-electron chi connectivity index (χ3n) is 9.34. The van der Waals surface area contributed by atoms with E-state index < -0.39 is 0 Å². The first-order chi connectivity index (χ1) is 12.7. The minimum absolute atomic E-state index is 0.0103. The van der Waals surface area contributed by atoms with Crippen LogP contribution < -0.4 is 0 Å². The molecule has 27 heavy (non-hydrogen) atoms. The quantitative estimate of drug-likeness (QED) is 0.742. The Labute approximate surface area is 164 Å². The summed E-state index contributed by atoms with van der Waals surface area (Å²) in [7, 11) is 0. The fourth-order valence-electron chi connectivity index (χ4n) is 8.29. The fraction of sp³-hybridized carbons (Fsp3) is 0.957. The molecule has 0 aromatic carbocycles. The molecule has 1 saturated heterocycles. The zero-order valence-corrected chi connectivity index (χ0v) is 17.7. The molecule has 3 saturated carbocycles. The van der Waals surface area contributed by atoms with Crippen LogP contribution in [0.2, 0.25) is 0 Å². The summed E-state index contributed by atoms with van der Waals surface area (Å²) in [6.45, 7) is 10.3. The smallest absolute Gasteiger partial charge is 0.312 e. The molecule has 0 radical (unpaired) electrons. The zero-order valence-electron chi connectivity index (χ0n) is 17.7. The lowest BCUT2D eigenvalue weighted by Crippen LogP contribution is -2.66. The number of hydrogen-bond acceptors (Lipinski definition) is 4. The highest BCUT2D eigenvalue weighted by Crippen LogP contribution is 2.71. The fourth-order valence-corrected chi connectivity index (χ4v) is 8.29. The Morgan fingerprint density at radius 2 is 1.85 bits per heavy atom. The van der Waals surface area contributed by atoms with E-state index in [1.165, 1.54) is 25.7 Å². The molecular formula is C23H38O4. The number of aliphatic hydroxyl groups is 1. The normalized spacial score (nSPS) is 51.8. The van der Waals surface area contributed by atoms with Gasteiger partial charge in [-0.2, -0.15) is 0 Å². The minimum Gasteiger partial charge on any atom is -0.466 e. The van der Waals surface area contributed by atoms with Crippen LogP contribution in [0.5, 0.6) is 0 Å².